The van der Waals surface area contributed by atoms with Crippen molar-refractivity contribution in [1.82, 2.24) is 15.1 Å². The summed E-state index contributed by atoms with van der Waals surface area (Å²) in [6.07, 6.45) is 3.99. The van der Waals surface area contributed by atoms with E-state index in [4.69, 9.17) is 18.0 Å². The molecule has 1 aliphatic heterocycles. The van der Waals surface area contributed by atoms with Gasteiger partial charge in [-0.1, -0.05) is 12.2 Å². The van der Waals surface area contributed by atoms with Gasteiger partial charge in [0.15, 0.2) is 5.82 Å². The minimum absolute atomic E-state index is 0.371. The molecule has 0 aromatic carbocycles. The van der Waals surface area contributed by atoms with Crippen molar-refractivity contribution in [2.24, 2.45) is 5.73 Å². The summed E-state index contributed by atoms with van der Waals surface area (Å²) in [5.74, 6) is 0.783. The third-order valence-corrected chi connectivity index (χ3v) is 3.67. The molecule has 1 fully saturated rings. The summed E-state index contributed by atoms with van der Waals surface area (Å²) < 4.78 is 0. The van der Waals surface area contributed by atoms with Gasteiger partial charge in [-0.15, -0.1) is 5.10 Å². The van der Waals surface area contributed by atoms with E-state index in [1.54, 1.807) is 6.20 Å². The summed E-state index contributed by atoms with van der Waals surface area (Å²) in [6.45, 7) is 2.19. The number of hydrogen-bond donors (Lipinski definition) is 1. The Morgan fingerprint density at radius 2 is 2.39 bits per heavy atom. The summed E-state index contributed by atoms with van der Waals surface area (Å²) in [7, 11) is 4.18. The number of likely N-dealkylation sites (tertiary alicyclic amines) is 1. The second kappa shape index (κ2) is 5.58. The molecule has 0 radical (unpaired) electrons. The highest BCUT2D eigenvalue weighted by molar-refractivity contribution is 7.80. The van der Waals surface area contributed by atoms with Crippen molar-refractivity contribution in [3.05, 3.63) is 17.8 Å². The lowest BCUT2D eigenvalue weighted by Crippen LogP contribution is -2.45. The quantitative estimate of drug-likeness (QED) is 0.810. The summed E-state index contributed by atoms with van der Waals surface area (Å²) in [5.41, 5.74) is 6.54. The van der Waals surface area contributed by atoms with Crippen LogP contribution in [0.15, 0.2) is 12.3 Å². The van der Waals surface area contributed by atoms with Crippen LogP contribution in [-0.2, 0) is 0 Å². The van der Waals surface area contributed by atoms with Crippen molar-refractivity contribution in [3.8, 4) is 0 Å². The van der Waals surface area contributed by atoms with Crippen LogP contribution in [0.25, 0.3) is 0 Å². The fourth-order valence-corrected chi connectivity index (χ4v) is 2.56. The molecule has 18 heavy (non-hydrogen) atoms. The normalized spacial score (nSPS) is 20.7. The van der Waals surface area contributed by atoms with Gasteiger partial charge >= 0.3 is 0 Å². The fraction of sp³-hybridized carbons (Fsp3) is 0.583. The number of likely N-dealkylation sites (N-methyl/N-ethyl adjacent to an activating group) is 2. The first-order valence-corrected chi connectivity index (χ1v) is 6.53. The van der Waals surface area contributed by atoms with Gasteiger partial charge in [-0.2, -0.15) is 5.10 Å². The van der Waals surface area contributed by atoms with Gasteiger partial charge in [-0.3, -0.25) is 0 Å². The zero-order valence-corrected chi connectivity index (χ0v) is 11.7. The van der Waals surface area contributed by atoms with Gasteiger partial charge in [0.2, 0.25) is 0 Å². The first kappa shape index (κ1) is 13.2. The van der Waals surface area contributed by atoms with Crippen LogP contribution in [0.5, 0.6) is 0 Å². The van der Waals surface area contributed by atoms with E-state index in [0.29, 0.717) is 11.0 Å². The molecule has 6 heteroatoms. The second-order valence-corrected chi connectivity index (χ2v) is 5.24. The summed E-state index contributed by atoms with van der Waals surface area (Å²) in [6, 6.07) is 2.27. The molecule has 0 amide bonds. The van der Waals surface area contributed by atoms with Crippen molar-refractivity contribution in [3.63, 3.8) is 0 Å². The van der Waals surface area contributed by atoms with E-state index < -0.39 is 0 Å². The Morgan fingerprint density at radius 3 is 3.06 bits per heavy atom. The largest absolute Gasteiger partial charge is 0.389 e. The lowest BCUT2D eigenvalue weighted by molar-refractivity contribution is 0.247. The van der Waals surface area contributed by atoms with Crippen LogP contribution in [0, 0.1) is 0 Å². The van der Waals surface area contributed by atoms with Crippen LogP contribution >= 0.6 is 12.2 Å². The molecule has 1 unspecified atom stereocenters. The molecular formula is C12H19N5S. The maximum absolute atomic E-state index is 5.74. The Balaban J connectivity index is 2.22. The van der Waals surface area contributed by atoms with Gasteiger partial charge in [0.05, 0.1) is 11.8 Å². The first-order chi connectivity index (χ1) is 8.59. The molecule has 0 aliphatic carbocycles. The highest BCUT2D eigenvalue weighted by Crippen LogP contribution is 2.21. The molecule has 2 N–H and O–H groups in total. The molecular weight excluding hydrogens is 246 g/mol. The Kier molecular flexibility index (Phi) is 4.08. The summed E-state index contributed by atoms with van der Waals surface area (Å²) in [5, 5.41) is 8.13. The molecule has 1 aliphatic rings. The monoisotopic (exact) mass is 265 g/mol. The van der Waals surface area contributed by atoms with E-state index in [9.17, 15) is 0 Å². The number of hydrogen-bond acceptors (Lipinski definition) is 5. The zero-order chi connectivity index (χ0) is 13.1. The topological polar surface area (TPSA) is 58.3 Å². The predicted molar refractivity (Wildman–Crippen MR) is 76.8 cm³/mol. The van der Waals surface area contributed by atoms with E-state index in [-0.39, 0.29) is 0 Å². The molecule has 0 bridgehead atoms. The fourth-order valence-electron chi connectivity index (χ4n) is 2.41. The van der Waals surface area contributed by atoms with E-state index in [1.165, 1.54) is 6.42 Å². The minimum Gasteiger partial charge on any atom is -0.389 e. The molecule has 1 atom stereocenters. The Bertz CT molecular complexity index is 436. The maximum Gasteiger partial charge on any atom is 0.161 e. The molecule has 0 spiro atoms. The lowest BCUT2D eigenvalue weighted by atomic mass is 10.0. The van der Waals surface area contributed by atoms with Gasteiger partial charge in [0, 0.05) is 19.6 Å². The number of aromatic nitrogens is 2. The molecule has 1 aromatic rings. The third kappa shape index (κ3) is 2.76. The summed E-state index contributed by atoms with van der Waals surface area (Å²) in [4.78, 5) is 4.86. The first-order valence-electron chi connectivity index (χ1n) is 6.12. The average Bonchev–Trinajstić information content (AvgIpc) is 2.38. The van der Waals surface area contributed by atoms with Crippen LogP contribution < -0.4 is 10.6 Å². The number of nitrogens with zero attached hydrogens (tertiary/aromatic N) is 4. The van der Waals surface area contributed by atoms with Gasteiger partial charge in [0.25, 0.3) is 0 Å². The zero-order valence-electron chi connectivity index (χ0n) is 10.8. The number of nitrogens with two attached hydrogens (primary N) is 1. The van der Waals surface area contributed by atoms with Crippen LogP contribution in [-0.4, -0.2) is 53.3 Å². The molecule has 98 valence electrons. The number of piperidine rings is 1. The van der Waals surface area contributed by atoms with E-state index in [1.807, 2.05) is 13.1 Å². The van der Waals surface area contributed by atoms with Crippen LogP contribution in [0.1, 0.15) is 18.4 Å². The SMILES string of the molecule is CN1CCCC(N(C)c2nnccc2C(N)=S)C1. The van der Waals surface area contributed by atoms with Crippen molar-refractivity contribution in [2.45, 2.75) is 18.9 Å². The molecule has 1 saturated heterocycles. The van der Waals surface area contributed by atoms with Crippen molar-refractivity contribution in [2.75, 3.05) is 32.1 Å². The highest BCUT2D eigenvalue weighted by atomic mass is 32.1. The van der Waals surface area contributed by atoms with Gasteiger partial charge in [-0.25, -0.2) is 0 Å². The van der Waals surface area contributed by atoms with Gasteiger partial charge < -0.3 is 15.5 Å². The minimum atomic E-state index is 0.371. The van der Waals surface area contributed by atoms with E-state index >= 15 is 0 Å². The number of thiocarbonyl (C=S) groups is 1. The molecule has 0 saturated carbocycles. The van der Waals surface area contributed by atoms with E-state index in [2.05, 4.69) is 27.0 Å². The van der Waals surface area contributed by atoms with Gasteiger partial charge in [0.1, 0.15) is 4.99 Å². The Hall–Kier alpha value is -1.27. The number of anilines is 1. The number of rotatable bonds is 3. The smallest absolute Gasteiger partial charge is 0.161 e. The molecule has 2 rings (SSSR count). The highest BCUT2D eigenvalue weighted by Gasteiger charge is 2.24. The third-order valence-electron chi connectivity index (χ3n) is 3.45. The predicted octanol–water partition coefficient (Wildman–Crippen LogP) is 0.641. The second-order valence-electron chi connectivity index (χ2n) is 4.80. The van der Waals surface area contributed by atoms with Crippen molar-refractivity contribution >= 4 is 23.0 Å². The molecule has 1 aromatic heterocycles. The van der Waals surface area contributed by atoms with Crippen LogP contribution in [0.2, 0.25) is 0 Å². The Morgan fingerprint density at radius 1 is 1.61 bits per heavy atom. The van der Waals surface area contributed by atoms with Crippen molar-refractivity contribution < 1.29 is 0 Å². The lowest BCUT2D eigenvalue weighted by Gasteiger charge is -2.36. The maximum atomic E-state index is 5.74. The average molecular weight is 265 g/mol. The van der Waals surface area contributed by atoms with Crippen molar-refractivity contribution in [1.29, 1.82) is 0 Å². The van der Waals surface area contributed by atoms with Crippen LogP contribution in [0.3, 0.4) is 0 Å². The molecule has 5 nitrogen and oxygen atoms in total. The van der Waals surface area contributed by atoms with E-state index in [0.717, 1.165) is 30.9 Å². The standard InChI is InChI=1S/C12H19N5S/c1-16-7-3-4-9(8-16)17(2)12-10(11(13)18)5-6-14-15-12/h5-6,9H,3-4,7-8H2,1-2H3,(H2,13,18). The van der Waals surface area contributed by atoms with Gasteiger partial charge in [-0.05, 0) is 32.5 Å². The molecule has 2 heterocycles. The van der Waals surface area contributed by atoms with Crippen LogP contribution in [0.4, 0.5) is 5.82 Å². The Labute approximate surface area is 113 Å². The summed E-state index contributed by atoms with van der Waals surface area (Å²) >= 11 is 5.07.